The lowest BCUT2D eigenvalue weighted by Crippen LogP contribution is -2.44. The van der Waals surface area contributed by atoms with Crippen LogP contribution in [0.4, 0.5) is 0 Å². The molecule has 2 unspecified atom stereocenters. The van der Waals surface area contributed by atoms with Crippen molar-refractivity contribution in [2.45, 2.75) is 51.6 Å². The third-order valence-electron chi connectivity index (χ3n) is 4.28. The largest absolute Gasteiger partial charge is 0.383 e. The molecule has 1 amide bonds. The van der Waals surface area contributed by atoms with Crippen molar-refractivity contribution in [3.63, 3.8) is 0 Å². The summed E-state index contributed by atoms with van der Waals surface area (Å²) in [5, 5.41) is 13.8. The molecule has 2 rings (SSSR count). The van der Waals surface area contributed by atoms with E-state index >= 15 is 0 Å². The fourth-order valence-corrected chi connectivity index (χ4v) is 3.05. The maximum atomic E-state index is 12.0. The quantitative estimate of drug-likeness (QED) is 0.868. The number of aryl methyl sites for hydroxylation is 1. The molecule has 1 aromatic rings. The molecule has 1 aliphatic rings. The van der Waals surface area contributed by atoms with Crippen molar-refractivity contribution < 1.29 is 9.90 Å². The highest BCUT2D eigenvalue weighted by molar-refractivity contribution is 5.78. The Morgan fingerprint density at radius 2 is 2.20 bits per heavy atom. The summed E-state index contributed by atoms with van der Waals surface area (Å²) in [6.45, 7) is 4.34. The first-order chi connectivity index (χ1) is 9.57. The molecule has 0 bridgehead atoms. The lowest BCUT2D eigenvalue weighted by atomic mass is 9.79. The summed E-state index contributed by atoms with van der Waals surface area (Å²) in [7, 11) is 0. The van der Waals surface area contributed by atoms with Crippen LogP contribution in [0.25, 0.3) is 0 Å². The van der Waals surface area contributed by atoms with Crippen LogP contribution in [0, 0.1) is 5.92 Å². The Hall–Kier alpha value is -1.35. The van der Waals surface area contributed by atoms with E-state index in [9.17, 15) is 9.90 Å². The topological polar surface area (TPSA) is 49.3 Å². The summed E-state index contributed by atoms with van der Waals surface area (Å²) in [6, 6.07) is 8.01. The molecule has 3 heteroatoms. The molecular formula is C17H25NO2. The van der Waals surface area contributed by atoms with Gasteiger partial charge in [-0.2, -0.15) is 0 Å². The standard InChI is InChI=1S/C17H25NO2/c1-3-7-13(2)16(19)18-12-17(20)11-6-9-14-8-4-5-10-15(14)17/h4-5,8,10,13,20H,3,6-7,9,11-12H2,1-2H3,(H,18,19). The number of nitrogens with one attached hydrogen (secondary N) is 1. The summed E-state index contributed by atoms with van der Waals surface area (Å²) in [6.07, 6.45) is 4.58. The molecule has 110 valence electrons. The number of hydrogen-bond acceptors (Lipinski definition) is 2. The first-order valence-electron chi connectivity index (χ1n) is 7.65. The van der Waals surface area contributed by atoms with Gasteiger partial charge in [0, 0.05) is 5.92 Å². The molecule has 0 fully saturated rings. The Morgan fingerprint density at radius 1 is 1.45 bits per heavy atom. The van der Waals surface area contributed by atoms with E-state index in [-0.39, 0.29) is 11.8 Å². The Morgan fingerprint density at radius 3 is 2.95 bits per heavy atom. The highest BCUT2D eigenvalue weighted by Gasteiger charge is 2.34. The predicted octanol–water partition coefficient (Wildman–Crippen LogP) is 2.76. The van der Waals surface area contributed by atoms with Crippen LogP contribution in [0.5, 0.6) is 0 Å². The predicted molar refractivity (Wildman–Crippen MR) is 80.4 cm³/mol. The number of carbonyl (C=O) groups is 1. The Labute approximate surface area is 121 Å². The van der Waals surface area contributed by atoms with E-state index in [0.29, 0.717) is 13.0 Å². The summed E-state index contributed by atoms with van der Waals surface area (Å²) < 4.78 is 0. The van der Waals surface area contributed by atoms with Crippen molar-refractivity contribution in [3.8, 4) is 0 Å². The van der Waals surface area contributed by atoms with E-state index < -0.39 is 5.60 Å². The summed E-state index contributed by atoms with van der Waals surface area (Å²) in [5.74, 6) is 0.0609. The molecule has 2 atom stereocenters. The van der Waals surface area contributed by atoms with Gasteiger partial charge in [0.1, 0.15) is 5.60 Å². The van der Waals surface area contributed by atoms with Crippen LogP contribution >= 0.6 is 0 Å². The van der Waals surface area contributed by atoms with Crippen LogP contribution in [0.2, 0.25) is 0 Å². The van der Waals surface area contributed by atoms with Gasteiger partial charge in [-0.1, -0.05) is 44.5 Å². The summed E-state index contributed by atoms with van der Waals surface area (Å²) in [4.78, 5) is 12.0. The smallest absolute Gasteiger partial charge is 0.222 e. The van der Waals surface area contributed by atoms with Crippen molar-refractivity contribution >= 4 is 5.91 Å². The summed E-state index contributed by atoms with van der Waals surface area (Å²) in [5.41, 5.74) is 1.28. The fourth-order valence-electron chi connectivity index (χ4n) is 3.05. The molecule has 2 N–H and O–H groups in total. The van der Waals surface area contributed by atoms with Crippen LogP contribution in [-0.2, 0) is 16.8 Å². The number of benzene rings is 1. The summed E-state index contributed by atoms with van der Waals surface area (Å²) >= 11 is 0. The highest BCUT2D eigenvalue weighted by Crippen LogP contribution is 2.34. The lowest BCUT2D eigenvalue weighted by molar-refractivity contribution is -0.126. The molecule has 0 aliphatic heterocycles. The minimum absolute atomic E-state index is 0.0161. The lowest BCUT2D eigenvalue weighted by Gasteiger charge is -2.35. The number of amides is 1. The average Bonchev–Trinajstić information content (AvgIpc) is 2.46. The number of fused-ring (bicyclic) bond motifs is 1. The minimum Gasteiger partial charge on any atom is -0.383 e. The zero-order valence-corrected chi connectivity index (χ0v) is 12.5. The number of rotatable bonds is 5. The molecule has 20 heavy (non-hydrogen) atoms. The Balaban J connectivity index is 2.04. The Kier molecular flexibility index (Phi) is 4.81. The van der Waals surface area contributed by atoms with Crippen LogP contribution in [0.1, 0.15) is 50.7 Å². The molecule has 3 nitrogen and oxygen atoms in total. The van der Waals surface area contributed by atoms with E-state index in [1.54, 1.807) is 0 Å². The molecular weight excluding hydrogens is 250 g/mol. The van der Waals surface area contributed by atoms with Gasteiger partial charge < -0.3 is 10.4 Å². The Bertz CT molecular complexity index is 472. The van der Waals surface area contributed by atoms with Gasteiger partial charge in [-0.3, -0.25) is 4.79 Å². The maximum Gasteiger partial charge on any atom is 0.222 e. The zero-order valence-electron chi connectivity index (χ0n) is 12.5. The third-order valence-corrected chi connectivity index (χ3v) is 4.28. The van der Waals surface area contributed by atoms with Crippen molar-refractivity contribution in [1.29, 1.82) is 0 Å². The van der Waals surface area contributed by atoms with Crippen LogP contribution in [0.3, 0.4) is 0 Å². The molecule has 1 aromatic carbocycles. The van der Waals surface area contributed by atoms with Gasteiger partial charge in [-0.15, -0.1) is 0 Å². The van der Waals surface area contributed by atoms with Gasteiger partial charge in [0.05, 0.1) is 6.54 Å². The molecule has 0 saturated heterocycles. The normalized spacial score (nSPS) is 22.9. The first kappa shape index (κ1) is 15.0. The molecule has 0 saturated carbocycles. The first-order valence-corrected chi connectivity index (χ1v) is 7.65. The van der Waals surface area contributed by atoms with Gasteiger partial charge in [-0.05, 0) is 36.8 Å². The van der Waals surface area contributed by atoms with E-state index in [0.717, 1.165) is 31.2 Å². The molecule has 0 radical (unpaired) electrons. The van der Waals surface area contributed by atoms with E-state index in [4.69, 9.17) is 0 Å². The maximum absolute atomic E-state index is 12.0. The van der Waals surface area contributed by atoms with Gasteiger partial charge in [0.15, 0.2) is 0 Å². The fraction of sp³-hybridized carbons (Fsp3) is 0.588. The van der Waals surface area contributed by atoms with E-state index in [1.807, 2.05) is 25.1 Å². The number of aliphatic hydroxyl groups is 1. The second kappa shape index (κ2) is 6.40. The van der Waals surface area contributed by atoms with Crippen molar-refractivity contribution in [2.75, 3.05) is 6.54 Å². The third kappa shape index (κ3) is 3.21. The van der Waals surface area contributed by atoms with Gasteiger partial charge >= 0.3 is 0 Å². The van der Waals surface area contributed by atoms with Crippen molar-refractivity contribution in [1.82, 2.24) is 5.32 Å². The molecule has 1 aliphatic carbocycles. The van der Waals surface area contributed by atoms with Crippen molar-refractivity contribution in [3.05, 3.63) is 35.4 Å². The SMILES string of the molecule is CCCC(C)C(=O)NCC1(O)CCCc2ccccc21. The minimum atomic E-state index is -0.906. The van der Waals surface area contributed by atoms with Crippen molar-refractivity contribution in [2.24, 2.45) is 5.92 Å². The number of carbonyl (C=O) groups excluding carboxylic acids is 1. The van der Waals surface area contributed by atoms with Gasteiger partial charge in [0.2, 0.25) is 5.91 Å². The van der Waals surface area contributed by atoms with E-state index in [1.165, 1.54) is 5.56 Å². The molecule has 0 heterocycles. The van der Waals surface area contributed by atoms with Crippen LogP contribution in [0.15, 0.2) is 24.3 Å². The molecule has 0 aromatic heterocycles. The highest BCUT2D eigenvalue weighted by atomic mass is 16.3. The van der Waals surface area contributed by atoms with Gasteiger partial charge in [0.25, 0.3) is 0 Å². The van der Waals surface area contributed by atoms with Crippen LogP contribution in [-0.4, -0.2) is 17.6 Å². The van der Waals surface area contributed by atoms with E-state index in [2.05, 4.69) is 18.3 Å². The van der Waals surface area contributed by atoms with Gasteiger partial charge in [-0.25, -0.2) is 0 Å². The zero-order chi connectivity index (χ0) is 14.6. The number of hydrogen-bond donors (Lipinski definition) is 2. The second-order valence-electron chi connectivity index (χ2n) is 5.95. The monoisotopic (exact) mass is 275 g/mol. The molecule has 0 spiro atoms. The van der Waals surface area contributed by atoms with Crippen LogP contribution < -0.4 is 5.32 Å². The second-order valence-corrected chi connectivity index (χ2v) is 5.95. The average molecular weight is 275 g/mol.